The SMILES string of the molecule is COc1ccc(OC)c(C=Cc2ccc(N3C(=O)C4CC=C5C(CC6C(=O)C(c7ccccc7)=CC(=O)C6(c6ccccc6)C5c5c(O)cc(OC)cc5OC)C4C3=O)cc2)c1. The highest BCUT2D eigenvalue weighted by molar-refractivity contribution is 6.32. The molecule has 0 spiro atoms. The van der Waals surface area contributed by atoms with E-state index in [4.69, 9.17) is 18.9 Å². The van der Waals surface area contributed by atoms with Gasteiger partial charge in [-0.3, -0.25) is 24.1 Å². The molecular formula is C52H45NO9. The Morgan fingerprint density at radius 1 is 0.694 bits per heavy atom. The van der Waals surface area contributed by atoms with Crippen molar-refractivity contribution in [3.63, 3.8) is 0 Å². The average molecular weight is 828 g/mol. The standard InChI is InChI=1S/C52H45NO9/c1-59-35-21-24-43(61-3)32(25-35)18-15-30-16-19-34(20-17-30)53-50(57)38-23-22-37-40(46(38)51(53)58)28-41-49(56)39(31-11-7-5-8-12-31)29-45(55)52(41,33-13-9-6-10-14-33)48(37)47-42(54)26-36(60-2)27-44(47)62-4/h5-22,24-27,29,38,40-41,46,48,54H,23,28H2,1-4H3. The van der Waals surface area contributed by atoms with Gasteiger partial charge in [-0.1, -0.05) is 96.6 Å². The summed E-state index contributed by atoms with van der Waals surface area (Å²) >= 11 is 0. The van der Waals surface area contributed by atoms with Gasteiger partial charge in [0, 0.05) is 40.7 Å². The van der Waals surface area contributed by atoms with E-state index in [9.17, 15) is 14.7 Å². The van der Waals surface area contributed by atoms with E-state index in [2.05, 4.69) is 0 Å². The van der Waals surface area contributed by atoms with Gasteiger partial charge in [-0.15, -0.1) is 0 Å². The Morgan fingerprint density at radius 3 is 2.06 bits per heavy atom. The van der Waals surface area contributed by atoms with Crippen LogP contribution in [0, 0.1) is 23.7 Å². The van der Waals surface area contributed by atoms with Crippen molar-refractivity contribution in [3.05, 3.63) is 161 Å². The predicted molar refractivity (Wildman–Crippen MR) is 235 cm³/mol. The highest BCUT2D eigenvalue weighted by Gasteiger charge is 2.66. The lowest BCUT2D eigenvalue weighted by Gasteiger charge is -2.55. The van der Waals surface area contributed by atoms with Gasteiger partial charge in [0.15, 0.2) is 11.6 Å². The van der Waals surface area contributed by atoms with Crippen LogP contribution in [0.4, 0.5) is 5.69 Å². The molecule has 312 valence electrons. The molecule has 0 aromatic heterocycles. The largest absolute Gasteiger partial charge is 0.507 e. The molecular weight excluding hydrogens is 783 g/mol. The van der Waals surface area contributed by atoms with Crippen LogP contribution in [0.5, 0.6) is 28.7 Å². The molecule has 62 heavy (non-hydrogen) atoms. The van der Waals surface area contributed by atoms with E-state index < -0.39 is 35.0 Å². The summed E-state index contributed by atoms with van der Waals surface area (Å²) in [4.78, 5) is 61.5. The van der Waals surface area contributed by atoms with Crippen LogP contribution >= 0.6 is 0 Å². The molecule has 0 radical (unpaired) electrons. The van der Waals surface area contributed by atoms with E-state index in [0.29, 0.717) is 45.2 Å². The summed E-state index contributed by atoms with van der Waals surface area (Å²) in [6.07, 6.45) is 7.58. The molecule has 3 aliphatic carbocycles. The minimum Gasteiger partial charge on any atom is -0.507 e. The number of ether oxygens (including phenoxy) is 4. The number of phenolic OH excluding ortho intramolecular Hbond substituents is 1. The van der Waals surface area contributed by atoms with E-state index in [1.54, 1.807) is 44.6 Å². The minimum absolute atomic E-state index is 0.122. The molecule has 1 saturated carbocycles. The highest BCUT2D eigenvalue weighted by Crippen LogP contribution is 2.65. The molecule has 1 aliphatic heterocycles. The van der Waals surface area contributed by atoms with Crippen molar-refractivity contribution in [1.29, 1.82) is 0 Å². The van der Waals surface area contributed by atoms with Crippen molar-refractivity contribution >= 4 is 46.8 Å². The first-order valence-corrected chi connectivity index (χ1v) is 20.6. The average Bonchev–Trinajstić information content (AvgIpc) is 3.57. The Labute approximate surface area is 359 Å². The summed E-state index contributed by atoms with van der Waals surface area (Å²) in [6, 6.07) is 34.2. The number of aromatic hydroxyl groups is 1. The van der Waals surface area contributed by atoms with Crippen LogP contribution in [-0.4, -0.2) is 56.9 Å². The van der Waals surface area contributed by atoms with Crippen LogP contribution in [0.3, 0.4) is 0 Å². The van der Waals surface area contributed by atoms with Gasteiger partial charge in [-0.2, -0.15) is 0 Å². The van der Waals surface area contributed by atoms with Crippen LogP contribution in [0.15, 0.2) is 133 Å². The van der Waals surface area contributed by atoms with E-state index >= 15 is 9.59 Å². The summed E-state index contributed by atoms with van der Waals surface area (Å²) in [6.45, 7) is 0. The maximum atomic E-state index is 15.4. The number of anilines is 1. The first kappa shape index (κ1) is 40.2. The third kappa shape index (κ3) is 6.31. The summed E-state index contributed by atoms with van der Waals surface area (Å²) in [5.41, 5.74) is 3.05. The molecule has 6 atom stereocenters. The molecule has 4 aliphatic rings. The number of nitrogens with zero attached hydrogens (tertiary/aromatic N) is 1. The van der Waals surface area contributed by atoms with Gasteiger partial charge in [0.2, 0.25) is 11.8 Å². The van der Waals surface area contributed by atoms with Gasteiger partial charge in [0.1, 0.15) is 28.7 Å². The van der Waals surface area contributed by atoms with Crippen molar-refractivity contribution in [1.82, 2.24) is 0 Å². The maximum Gasteiger partial charge on any atom is 0.238 e. The number of carbonyl (C=O) groups is 4. The summed E-state index contributed by atoms with van der Waals surface area (Å²) in [5, 5.41) is 12.0. The van der Waals surface area contributed by atoms with E-state index in [1.807, 2.05) is 97.1 Å². The zero-order valence-corrected chi connectivity index (χ0v) is 34.7. The fourth-order valence-corrected chi connectivity index (χ4v) is 10.5. The monoisotopic (exact) mass is 827 g/mol. The zero-order chi connectivity index (χ0) is 43.3. The van der Waals surface area contributed by atoms with Crippen LogP contribution in [-0.2, 0) is 24.6 Å². The Hall–Kier alpha value is -7.20. The fraction of sp³-hybridized carbons (Fsp3) is 0.231. The van der Waals surface area contributed by atoms with Gasteiger partial charge in [-0.25, -0.2) is 0 Å². The fourth-order valence-electron chi connectivity index (χ4n) is 10.5. The number of phenols is 1. The second-order valence-electron chi connectivity index (χ2n) is 16.1. The number of amides is 2. The Bertz CT molecular complexity index is 2700. The lowest BCUT2D eigenvalue weighted by atomic mass is 9.44. The smallest absolute Gasteiger partial charge is 0.238 e. The maximum absolute atomic E-state index is 15.4. The lowest BCUT2D eigenvalue weighted by Crippen LogP contribution is -2.58. The number of imide groups is 1. The molecule has 1 N–H and O–H groups in total. The number of allylic oxidation sites excluding steroid dienone is 4. The molecule has 2 amide bonds. The quantitative estimate of drug-likeness (QED) is 0.0836. The summed E-state index contributed by atoms with van der Waals surface area (Å²) < 4.78 is 22.4. The van der Waals surface area contributed by atoms with Crippen LogP contribution < -0.4 is 23.8 Å². The number of hydrogen-bond acceptors (Lipinski definition) is 9. The number of carbonyl (C=O) groups excluding carboxylic acids is 4. The van der Waals surface area contributed by atoms with Crippen molar-refractivity contribution in [2.24, 2.45) is 23.7 Å². The van der Waals surface area contributed by atoms with Gasteiger partial charge < -0.3 is 24.1 Å². The minimum atomic E-state index is -1.55. The third-order valence-electron chi connectivity index (χ3n) is 13.3. The van der Waals surface area contributed by atoms with Crippen LogP contribution in [0.25, 0.3) is 17.7 Å². The van der Waals surface area contributed by atoms with Crippen molar-refractivity contribution in [2.45, 2.75) is 24.2 Å². The number of Topliss-reactive ketones (excluding diaryl/α,β-unsaturated/α-hetero) is 1. The van der Waals surface area contributed by atoms with Gasteiger partial charge in [0.05, 0.1) is 51.4 Å². The molecule has 2 fully saturated rings. The Balaban J connectivity index is 1.16. The van der Waals surface area contributed by atoms with E-state index in [1.165, 1.54) is 31.3 Å². The number of hydrogen-bond donors (Lipinski definition) is 1. The van der Waals surface area contributed by atoms with Gasteiger partial charge in [-0.05, 0) is 71.9 Å². The lowest BCUT2D eigenvalue weighted by molar-refractivity contribution is -0.135. The van der Waals surface area contributed by atoms with Gasteiger partial charge >= 0.3 is 0 Å². The second-order valence-corrected chi connectivity index (χ2v) is 16.1. The third-order valence-corrected chi connectivity index (χ3v) is 13.3. The van der Waals surface area contributed by atoms with E-state index in [-0.39, 0.29) is 53.3 Å². The molecule has 9 rings (SSSR count). The first-order chi connectivity index (χ1) is 30.1. The van der Waals surface area contributed by atoms with Crippen molar-refractivity contribution in [3.8, 4) is 28.7 Å². The van der Waals surface area contributed by atoms with E-state index in [0.717, 1.165) is 11.1 Å². The van der Waals surface area contributed by atoms with Crippen molar-refractivity contribution in [2.75, 3.05) is 33.3 Å². The number of ketones is 2. The normalized spacial score (nSPS) is 24.2. The number of methoxy groups -OCH3 is 4. The molecule has 5 aromatic carbocycles. The number of fused-ring (bicyclic) bond motifs is 4. The highest BCUT2D eigenvalue weighted by atomic mass is 16.5. The predicted octanol–water partition coefficient (Wildman–Crippen LogP) is 8.63. The molecule has 1 heterocycles. The summed E-state index contributed by atoms with van der Waals surface area (Å²) in [7, 11) is 6.16. The molecule has 0 bridgehead atoms. The molecule has 10 heteroatoms. The molecule has 10 nitrogen and oxygen atoms in total. The van der Waals surface area contributed by atoms with Crippen LogP contribution in [0.2, 0.25) is 0 Å². The van der Waals surface area contributed by atoms with Crippen molar-refractivity contribution < 1.29 is 43.2 Å². The number of rotatable bonds is 10. The second kappa shape index (κ2) is 16.0. The molecule has 5 aromatic rings. The van der Waals surface area contributed by atoms with Crippen LogP contribution in [0.1, 0.15) is 46.6 Å². The molecule has 1 saturated heterocycles. The first-order valence-electron chi connectivity index (χ1n) is 20.6. The Kier molecular flexibility index (Phi) is 10.4. The zero-order valence-electron chi connectivity index (χ0n) is 34.7. The topological polar surface area (TPSA) is 129 Å². The number of benzene rings is 5. The Morgan fingerprint density at radius 2 is 1.39 bits per heavy atom. The molecule has 6 unspecified atom stereocenters. The summed E-state index contributed by atoms with van der Waals surface area (Å²) in [5.74, 6) is -3.58. The van der Waals surface area contributed by atoms with Gasteiger partial charge in [0.25, 0.3) is 0 Å².